The van der Waals surface area contributed by atoms with E-state index in [1.807, 2.05) is 0 Å². The molecule has 5 atom stereocenters. The molecule has 0 saturated heterocycles. The van der Waals surface area contributed by atoms with Crippen LogP contribution >= 0.6 is 0 Å². The maximum Gasteiger partial charge on any atom is 0.338 e. The molecule has 1 aliphatic carbocycles. The first kappa shape index (κ1) is 29.3. The summed E-state index contributed by atoms with van der Waals surface area (Å²) in [6.45, 7) is 1.11. The monoisotopic (exact) mass is 544 g/mol. The lowest BCUT2D eigenvalue weighted by molar-refractivity contribution is -0.261. The van der Waals surface area contributed by atoms with E-state index in [2.05, 4.69) is 4.74 Å². The minimum atomic E-state index is -3.29. The molecular formula is C27H28O12. The maximum absolute atomic E-state index is 13.4. The van der Waals surface area contributed by atoms with Gasteiger partial charge < -0.3 is 45.6 Å². The van der Waals surface area contributed by atoms with Gasteiger partial charge in [-0.2, -0.15) is 0 Å². The molecule has 208 valence electrons. The number of aliphatic hydroxyl groups is 4. The van der Waals surface area contributed by atoms with Crippen molar-refractivity contribution in [1.29, 1.82) is 0 Å². The molecule has 0 aromatic heterocycles. The van der Waals surface area contributed by atoms with Gasteiger partial charge in [0.15, 0.2) is 51.4 Å². The first-order chi connectivity index (χ1) is 18.1. The van der Waals surface area contributed by atoms with Gasteiger partial charge in [-0.05, 0) is 47.5 Å². The number of hydrogen-bond acceptors (Lipinski definition) is 12. The quantitative estimate of drug-likeness (QED) is 0.132. The molecule has 2 aromatic carbocycles. The molecule has 3 unspecified atom stereocenters. The van der Waals surface area contributed by atoms with E-state index in [0.29, 0.717) is 12.2 Å². The van der Waals surface area contributed by atoms with Crippen molar-refractivity contribution in [3.63, 3.8) is 0 Å². The Morgan fingerprint density at radius 3 is 1.72 bits per heavy atom. The molecule has 39 heavy (non-hydrogen) atoms. The number of phenols is 4. The van der Waals surface area contributed by atoms with E-state index >= 15 is 0 Å². The number of ether oxygens (including phenoxy) is 1. The van der Waals surface area contributed by atoms with Gasteiger partial charge in [0.25, 0.3) is 0 Å². The third kappa shape index (κ3) is 4.98. The molecule has 0 heterocycles. The first-order valence-corrected chi connectivity index (χ1v) is 11.5. The maximum atomic E-state index is 13.4. The summed E-state index contributed by atoms with van der Waals surface area (Å²) in [5.74, 6) is -7.66. The predicted octanol–water partition coefficient (Wildman–Crippen LogP) is 0.141. The van der Waals surface area contributed by atoms with Gasteiger partial charge in [0.2, 0.25) is 0 Å². The fraction of sp³-hybridized carbons (Fsp3) is 0.296. The average Bonchev–Trinajstić information content (AvgIpc) is 2.90. The summed E-state index contributed by atoms with van der Waals surface area (Å²) < 4.78 is 4.58. The largest absolute Gasteiger partial charge is 0.504 e. The van der Waals surface area contributed by atoms with E-state index in [1.165, 1.54) is 12.1 Å². The van der Waals surface area contributed by atoms with Crippen LogP contribution in [-0.2, 0) is 19.1 Å². The summed E-state index contributed by atoms with van der Waals surface area (Å²) in [7, 11) is 0.916. The molecule has 0 radical (unpaired) electrons. The summed E-state index contributed by atoms with van der Waals surface area (Å²) in [5.41, 5.74) is -8.97. The minimum Gasteiger partial charge on any atom is -0.504 e. The number of esters is 1. The number of benzene rings is 2. The van der Waals surface area contributed by atoms with Crippen LogP contribution in [0.1, 0.15) is 24.5 Å². The standard InChI is InChI=1S/C27H28O12/c1-14-23(34)27(38,22(33)10-6-16-4-8-18(29)20(31)12-16)26(37,13-25(14,36)24(35)39-2)21(32)9-5-15-3-7-17(28)19(30)11-15/h3-12,14,23,28-31,34,36-38H,13H2,1-2H3/b9-5+,10-6+/t14?,23-,25?,26+,27?/m1/s1. The van der Waals surface area contributed by atoms with Crippen LogP contribution in [0.3, 0.4) is 0 Å². The summed E-state index contributed by atoms with van der Waals surface area (Å²) in [6, 6.07) is 6.96. The van der Waals surface area contributed by atoms with E-state index in [0.717, 1.165) is 50.5 Å². The fourth-order valence-corrected chi connectivity index (χ4v) is 4.51. The number of hydrogen-bond donors (Lipinski definition) is 8. The zero-order chi connectivity index (χ0) is 29.3. The van der Waals surface area contributed by atoms with Crippen molar-refractivity contribution in [3.05, 3.63) is 59.7 Å². The van der Waals surface area contributed by atoms with Crippen LogP contribution in [0.4, 0.5) is 0 Å². The third-order valence-electron chi connectivity index (χ3n) is 6.99. The number of aliphatic hydroxyl groups excluding tert-OH is 1. The summed E-state index contributed by atoms with van der Waals surface area (Å²) in [5, 5.41) is 83.4. The zero-order valence-corrected chi connectivity index (χ0v) is 20.8. The Morgan fingerprint density at radius 1 is 0.821 bits per heavy atom. The van der Waals surface area contributed by atoms with E-state index < -0.39 is 75.8 Å². The normalized spacial score (nSPS) is 29.0. The second-order valence-electron chi connectivity index (χ2n) is 9.34. The molecule has 0 aliphatic heterocycles. The highest BCUT2D eigenvalue weighted by Crippen LogP contribution is 2.48. The molecule has 12 nitrogen and oxygen atoms in total. The SMILES string of the molecule is COC(=O)C1(O)C[C@](O)(C(=O)/C=C/c2ccc(O)c(O)c2)C(O)(C(=O)/C=C/c2ccc(O)c(O)c2)[C@H](O)C1C. The summed E-state index contributed by atoms with van der Waals surface area (Å²) in [4.78, 5) is 39.1. The van der Waals surface area contributed by atoms with E-state index in [9.17, 15) is 55.2 Å². The zero-order valence-electron chi connectivity index (χ0n) is 20.8. The Hall–Kier alpha value is -4.23. The second-order valence-corrected chi connectivity index (χ2v) is 9.34. The molecule has 1 aliphatic rings. The van der Waals surface area contributed by atoms with Crippen molar-refractivity contribution in [3.8, 4) is 23.0 Å². The Balaban J connectivity index is 2.10. The van der Waals surface area contributed by atoms with Crippen LogP contribution in [0.2, 0.25) is 0 Å². The lowest BCUT2D eigenvalue weighted by Crippen LogP contribution is -2.78. The number of carbonyl (C=O) groups excluding carboxylic acids is 3. The van der Waals surface area contributed by atoms with Gasteiger partial charge in [-0.3, -0.25) is 9.59 Å². The lowest BCUT2D eigenvalue weighted by Gasteiger charge is -2.54. The van der Waals surface area contributed by atoms with Crippen LogP contribution in [0, 0.1) is 5.92 Å². The number of aromatic hydroxyl groups is 4. The van der Waals surface area contributed by atoms with Gasteiger partial charge in [0.05, 0.1) is 13.2 Å². The number of carbonyl (C=O) groups is 3. The molecule has 3 rings (SSSR count). The van der Waals surface area contributed by atoms with Crippen molar-refractivity contribution in [2.45, 2.75) is 36.3 Å². The van der Waals surface area contributed by atoms with E-state index in [4.69, 9.17) is 0 Å². The Labute approximate surface area is 222 Å². The Kier molecular flexibility index (Phi) is 7.90. The van der Waals surface area contributed by atoms with Crippen molar-refractivity contribution in [1.82, 2.24) is 0 Å². The molecule has 1 saturated carbocycles. The summed E-state index contributed by atoms with van der Waals surface area (Å²) >= 11 is 0. The summed E-state index contributed by atoms with van der Waals surface area (Å²) in [6.07, 6.45) is -0.0822. The van der Waals surface area contributed by atoms with Gasteiger partial charge in [0.1, 0.15) is 0 Å². The van der Waals surface area contributed by atoms with Crippen LogP contribution < -0.4 is 0 Å². The Bertz CT molecular complexity index is 1360. The number of methoxy groups -OCH3 is 1. The average molecular weight is 545 g/mol. The van der Waals surface area contributed by atoms with E-state index in [-0.39, 0.29) is 11.1 Å². The van der Waals surface area contributed by atoms with Crippen LogP contribution in [0.15, 0.2) is 48.6 Å². The highest BCUT2D eigenvalue weighted by Gasteiger charge is 2.72. The lowest BCUT2D eigenvalue weighted by atomic mass is 9.56. The van der Waals surface area contributed by atoms with Crippen molar-refractivity contribution >= 4 is 29.7 Å². The minimum absolute atomic E-state index is 0.150. The molecule has 1 fully saturated rings. The highest BCUT2D eigenvalue weighted by molar-refractivity contribution is 6.11. The van der Waals surface area contributed by atoms with Crippen LogP contribution in [0.5, 0.6) is 23.0 Å². The van der Waals surface area contributed by atoms with Gasteiger partial charge in [-0.15, -0.1) is 0 Å². The van der Waals surface area contributed by atoms with Crippen molar-refractivity contribution < 1.29 is 60.0 Å². The number of rotatable bonds is 7. The Morgan fingerprint density at radius 2 is 1.28 bits per heavy atom. The van der Waals surface area contributed by atoms with Gasteiger partial charge >= 0.3 is 5.97 Å². The molecule has 12 heteroatoms. The second kappa shape index (κ2) is 10.5. The smallest absolute Gasteiger partial charge is 0.338 e. The molecule has 0 bridgehead atoms. The van der Waals surface area contributed by atoms with Gasteiger partial charge in [-0.25, -0.2) is 4.79 Å². The topological polar surface area (TPSA) is 222 Å². The highest BCUT2D eigenvalue weighted by atomic mass is 16.5. The van der Waals surface area contributed by atoms with Gasteiger partial charge in [0, 0.05) is 12.3 Å². The van der Waals surface area contributed by atoms with Gasteiger partial charge in [-0.1, -0.05) is 31.2 Å². The molecule has 0 spiro atoms. The van der Waals surface area contributed by atoms with Crippen molar-refractivity contribution in [2.75, 3.05) is 7.11 Å². The third-order valence-corrected chi connectivity index (χ3v) is 6.99. The number of phenolic OH excluding ortho intramolecular Hbond substituents is 4. The van der Waals surface area contributed by atoms with Crippen LogP contribution in [0.25, 0.3) is 12.2 Å². The molecule has 0 amide bonds. The number of ketones is 2. The predicted molar refractivity (Wildman–Crippen MR) is 134 cm³/mol. The van der Waals surface area contributed by atoms with E-state index in [1.54, 1.807) is 0 Å². The van der Waals surface area contributed by atoms with Crippen LogP contribution in [-0.4, -0.2) is 88.4 Å². The van der Waals surface area contributed by atoms with Crippen molar-refractivity contribution in [2.24, 2.45) is 5.92 Å². The molecule has 2 aromatic rings. The first-order valence-electron chi connectivity index (χ1n) is 11.5. The fourth-order valence-electron chi connectivity index (χ4n) is 4.51. The molecule has 8 N–H and O–H groups in total. The molecular weight excluding hydrogens is 516 g/mol.